The molecule has 1 fully saturated rings. The fourth-order valence-electron chi connectivity index (χ4n) is 5.94. The number of thioether (sulfide) groups is 1. The molecule has 0 aromatic carbocycles. The molecule has 1 aliphatic carbocycles. The first-order chi connectivity index (χ1) is 26.4. The van der Waals surface area contributed by atoms with Gasteiger partial charge in [-0.2, -0.15) is 5.26 Å². The number of aromatic nitrogens is 2. The number of carboxylic acid groups (broad SMARTS) is 2. The SMILES string of the molecule is CC(C)(CO)SC#N.CC(C)CCC(c1cccc(C(=O)O)n1)N(CCO)CCOCCOCCN(CCOC1CCCCC1)Cc1cccc(C(=O)O)n1. The van der Waals surface area contributed by atoms with Crippen LogP contribution in [-0.2, 0) is 20.8 Å². The van der Waals surface area contributed by atoms with Crippen LogP contribution in [0.15, 0.2) is 36.4 Å². The minimum Gasteiger partial charge on any atom is -0.477 e. The number of ether oxygens (including phenoxy) is 3. The van der Waals surface area contributed by atoms with Crippen molar-refractivity contribution in [1.82, 2.24) is 19.8 Å². The van der Waals surface area contributed by atoms with E-state index < -0.39 is 11.9 Å². The van der Waals surface area contributed by atoms with E-state index in [0.717, 1.165) is 37.4 Å². The van der Waals surface area contributed by atoms with Crippen LogP contribution in [0.25, 0.3) is 0 Å². The summed E-state index contributed by atoms with van der Waals surface area (Å²) in [4.78, 5) is 35.9. The third kappa shape index (κ3) is 20.5. The quantitative estimate of drug-likeness (QED) is 0.0688. The molecule has 1 atom stereocenters. The summed E-state index contributed by atoms with van der Waals surface area (Å²) in [5.74, 6) is -1.64. The van der Waals surface area contributed by atoms with Crippen LogP contribution in [0.1, 0.15) is 111 Å². The first-order valence-corrected chi connectivity index (χ1v) is 20.1. The second-order valence-electron chi connectivity index (χ2n) is 14.6. The maximum atomic E-state index is 11.5. The lowest BCUT2D eigenvalue weighted by atomic mass is 9.98. The zero-order chi connectivity index (χ0) is 40.5. The number of pyridine rings is 2. The Hall–Kier alpha value is -3.20. The van der Waals surface area contributed by atoms with E-state index in [9.17, 15) is 24.9 Å². The summed E-state index contributed by atoms with van der Waals surface area (Å²) in [6.07, 6.45) is 7.96. The standard InChI is InChI=1S/C35H54N4O8.C5H9NOS/c1-27(2)14-15-33(30-11-7-13-32(37-30)35(43)44)39(16-20-40)19-22-46-25-24-45-21-17-38(18-23-47-29-9-4-3-5-10-29)26-28-8-6-12-31(36-28)34(41)42;1-5(2,3-7)8-4-6/h6-8,11-13,27,29,33,40H,3-5,9-10,14-26H2,1-2H3,(H,41,42)(H,43,44);7H,3H2,1-2H3. The van der Waals surface area contributed by atoms with Crippen LogP contribution in [0.3, 0.4) is 0 Å². The average molecular weight is 790 g/mol. The van der Waals surface area contributed by atoms with E-state index in [1.54, 1.807) is 12.1 Å². The molecule has 55 heavy (non-hydrogen) atoms. The van der Waals surface area contributed by atoms with Gasteiger partial charge in [0, 0.05) is 37.5 Å². The van der Waals surface area contributed by atoms with Gasteiger partial charge in [-0.15, -0.1) is 0 Å². The number of nitrogens with zero attached hydrogens (tertiary/aromatic N) is 5. The molecule has 0 saturated heterocycles. The van der Waals surface area contributed by atoms with Gasteiger partial charge in [-0.05, 0) is 81.5 Å². The van der Waals surface area contributed by atoms with Gasteiger partial charge in [0.25, 0.3) is 0 Å². The van der Waals surface area contributed by atoms with Gasteiger partial charge in [-0.1, -0.05) is 45.2 Å². The molecule has 2 heterocycles. The van der Waals surface area contributed by atoms with E-state index in [-0.39, 0.29) is 35.4 Å². The third-order valence-corrected chi connectivity index (χ3v) is 9.82. The predicted octanol–water partition coefficient (Wildman–Crippen LogP) is 5.50. The largest absolute Gasteiger partial charge is 0.477 e. The van der Waals surface area contributed by atoms with Crippen molar-refractivity contribution in [3.8, 4) is 5.40 Å². The van der Waals surface area contributed by atoms with Crippen molar-refractivity contribution in [1.29, 1.82) is 5.26 Å². The highest BCUT2D eigenvalue weighted by atomic mass is 32.2. The Balaban J connectivity index is 0.00000117. The van der Waals surface area contributed by atoms with Crippen molar-refractivity contribution in [2.24, 2.45) is 5.92 Å². The molecule has 0 amide bonds. The number of aliphatic hydroxyl groups is 2. The van der Waals surface area contributed by atoms with Crippen molar-refractivity contribution in [2.75, 3.05) is 72.4 Å². The molecule has 2 aromatic heterocycles. The topological polar surface area (TPSA) is 199 Å². The monoisotopic (exact) mass is 789 g/mol. The van der Waals surface area contributed by atoms with Crippen molar-refractivity contribution in [3.05, 3.63) is 59.2 Å². The minimum absolute atomic E-state index is 0.00903. The Morgan fingerprint density at radius 2 is 1.49 bits per heavy atom. The molecule has 4 N–H and O–H groups in total. The molecular weight excluding hydrogens is 727 g/mol. The van der Waals surface area contributed by atoms with Crippen LogP contribution in [0.2, 0.25) is 0 Å². The summed E-state index contributed by atoms with van der Waals surface area (Å²) < 4.78 is 17.6. The van der Waals surface area contributed by atoms with Gasteiger partial charge in [0.15, 0.2) is 0 Å². The second kappa shape index (κ2) is 27.4. The number of carbonyl (C=O) groups is 2. The molecule has 0 bridgehead atoms. The number of carboxylic acids is 2. The summed E-state index contributed by atoms with van der Waals surface area (Å²) in [6, 6.07) is 9.96. The minimum atomic E-state index is -1.06. The Morgan fingerprint density at radius 1 is 0.873 bits per heavy atom. The number of hydrogen-bond acceptors (Lipinski definition) is 13. The molecule has 14 nitrogen and oxygen atoms in total. The first kappa shape index (κ1) is 48.0. The Morgan fingerprint density at radius 3 is 2.07 bits per heavy atom. The smallest absolute Gasteiger partial charge is 0.354 e. The lowest BCUT2D eigenvalue weighted by molar-refractivity contribution is 0.00334. The molecule has 0 spiro atoms. The van der Waals surface area contributed by atoms with Crippen molar-refractivity contribution < 1.29 is 44.2 Å². The van der Waals surface area contributed by atoms with E-state index in [1.165, 1.54) is 31.4 Å². The summed E-state index contributed by atoms with van der Waals surface area (Å²) in [7, 11) is 0. The molecular formula is C40H63N5O9S. The van der Waals surface area contributed by atoms with E-state index in [0.29, 0.717) is 89.2 Å². The van der Waals surface area contributed by atoms with Crippen LogP contribution < -0.4 is 0 Å². The van der Waals surface area contributed by atoms with Gasteiger partial charge in [0.2, 0.25) is 0 Å². The number of aromatic carboxylic acids is 2. The highest BCUT2D eigenvalue weighted by molar-refractivity contribution is 8.05. The molecule has 3 rings (SSSR count). The predicted molar refractivity (Wildman–Crippen MR) is 212 cm³/mol. The molecule has 0 radical (unpaired) electrons. The van der Waals surface area contributed by atoms with Crippen molar-refractivity contribution >= 4 is 23.7 Å². The lowest BCUT2D eigenvalue weighted by Crippen LogP contribution is -2.35. The van der Waals surface area contributed by atoms with Gasteiger partial charge in [-0.3, -0.25) is 9.80 Å². The van der Waals surface area contributed by atoms with Crippen LogP contribution in [0, 0.1) is 16.6 Å². The zero-order valence-electron chi connectivity index (χ0n) is 33.1. The second-order valence-corrected chi connectivity index (χ2v) is 16.1. The Labute approximate surface area is 331 Å². The summed E-state index contributed by atoms with van der Waals surface area (Å²) in [5.41, 5.74) is 1.41. The first-order valence-electron chi connectivity index (χ1n) is 19.3. The average Bonchev–Trinajstić information content (AvgIpc) is 3.16. The summed E-state index contributed by atoms with van der Waals surface area (Å²) in [5, 5.41) is 47.2. The van der Waals surface area contributed by atoms with Crippen LogP contribution in [-0.4, -0.2) is 135 Å². The van der Waals surface area contributed by atoms with Gasteiger partial charge in [0.05, 0.1) is 69.8 Å². The third-order valence-electron chi connectivity index (χ3n) is 9.05. The maximum absolute atomic E-state index is 11.5. The number of rotatable bonds is 26. The zero-order valence-corrected chi connectivity index (χ0v) is 33.9. The molecule has 1 saturated carbocycles. The molecule has 0 aliphatic heterocycles. The van der Waals surface area contributed by atoms with Crippen molar-refractivity contribution in [2.45, 2.75) is 96.1 Å². The van der Waals surface area contributed by atoms with Crippen LogP contribution in [0.4, 0.5) is 0 Å². The molecule has 1 aliphatic rings. The number of nitriles is 1. The molecule has 2 aromatic rings. The van der Waals surface area contributed by atoms with Gasteiger partial charge >= 0.3 is 11.9 Å². The number of thiocyanates is 1. The highest BCUT2D eigenvalue weighted by Gasteiger charge is 2.23. The fraction of sp³-hybridized carbons (Fsp3) is 0.675. The van der Waals surface area contributed by atoms with Crippen molar-refractivity contribution in [3.63, 3.8) is 0 Å². The van der Waals surface area contributed by atoms with Gasteiger partial charge < -0.3 is 34.6 Å². The normalized spacial score (nSPS) is 14.1. The van der Waals surface area contributed by atoms with E-state index >= 15 is 0 Å². The number of hydrogen-bond donors (Lipinski definition) is 4. The number of aliphatic hydroxyl groups excluding tert-OH is 2. The molecule has 308 valence electrons. The van der Waals surface area contributed by atoms with Gasteiger partial charge in [-0.25, -0.2) is 19.6 Å². The van der Waals surface area contributed by atoms with E-state index in [1.807, 2.05) is 31.4 Å². The lowest BCUT2D eigenvalue weighted by Gasteiger charge is -2.31. The van der Waals surface area contributed by atoms with Crippen LogP contribution >= 0.6 is 11.8 Å². The van der Waals surface area contributed by atoms with E-state index in [4.69, 9.17) is 24.6 Å². The van der Waals surface area contributed by atoms with E-state index in [2.05, 4.69) is 33.6 Å². The van der Waals surface area contributed by atoms with Gasteiger partial charge in [0.1, 0.15) is 16.8 Å². The Kier molecular flexibility index (Phi) is 23.9. The molecule has 1 unspecified atom stereocenters. The summed E-state index contributed by atoms with van der Waals surface area (Å²) in [6.45, 7) is 13.1. The fourth-order valence-corrected chi connectivity index (χ4v) is 6.25. The highest BCUT2D eigenvalue weighted by Crippen LogP contribution is 2.27. The Bertz CT molecular complexity index is 1420. The molecule has 15 heteroatoms. The maximum Gasteiger partial charge on any atom is 0.354 e. The summed E-state index contributed by atoms with van der Waals surface area (Å²) >= 11 is 1.09. The van der Waals surface area contributed by atoms with Crippen LogP contribution in [0.5, 0.6) is 0 Å².